The van der Waals surface area contributed by atoms with E-state index in [1.807, 2.05) is 20.8 Å². The predicted molar refractivity (Wildman–Crippen MR) is 152 cm³/mol. The fraction of sp³-hybridized carbons (Fsp3) is 0.517. The summed E-state index contributed by atoms with van der Waals surface area (Å²) in [6.07, 6.45) is -0.765. The maximum absolute atomic E-state index is 14.0. The largest absolute Gasteiger partial charge is 0.510 e. The number of fused-ring (bicyclic) bond motifs is 3. The van der Waals surface area contributed by atoms with Crippen molar-refractivity contribution in [1.82, 2.24) is 4.90 Å². The monoisotopic (exact) mass is 586 g/mol. The van der Waals surface area contributed by atoms with Gasteiger partial charge in [0.2, 0.25) is 5.78 Å². The van der Waals surface area contributed by atoms with E-state index in [2.05, 4.69) is 5.32 Å². The van der Waals surface area contributed by atoms with Crippen molar-refractivity contribution in [3.05, 3.63) is 39.9 Å². The van der Waals surface area contributed by atoms with Crippen LogP contribution in [0.4, 0.5) is 16.2 Å². The standard InChI is InChI=1S/C29H38N4O9/c1-28(2,3)11-42-27(40)31-15-10-16(32(4)5)13-8-12-9-14-20(33(6)7)23(36)19(26(30)39)25(38)29(14,41)24(37)17(12)22(35)18(13)21(15)34/h10,12,14,20,34,36-37,41H,8-9,11H2,1-7H3,(H2,30,39)(H,31,40). The van der Waals surface area contributed by atoms with Crippen LogP contribution in [0.1, 0.15) is 43.1 Å². The van der Waals surface area contributed by atoms with Crippen LogP contribution in [0.3, 0.4) is 0 Å². The number of likely N-dealkylation sites (N-methyl/N-ethyl adjacent to an activating group) is 1. The van der Waals surface area contributed by atoms with Gasteiger partial charge in [0.25, 0.3) is 5.91 Å². The highest BCUT2D eigenvalue weighted by molar-refractivity contribution is 6.25. The van der Waals surface area contributed by atoms with E-state index in [-0.39, 0.29) is 41.7 Å². The molecular weight excluding hydrogens is 548 g/mol. The molecule has 0 aromatic heterocycles. The summed E-state index contributed by atoms with van der Waals surface area (Å²) in [7, 11) is 6.57. The summed E-state index contributed by atoms with van der Waals surface area (Å²) in [6, 6.07) is 0.427. The van der Waals surface area contributed by atoms with E-state index in [1.54, 1.807) is 33.1 Å². The molecule has 0 spiro atoms. The first-order valence-electron chi connectivity index (χ1n) is 13.5. The number of nitrogens with one attached hydrogen (secondary N) is 1. The van der Waals surface area contributed by atoms with E-state index >= 15 is 0 Å². The van der Waals surface area contributed by atoms with Gasteiger partial charge >= 0.3 is 6.09 Å². The third kappa shape index (κ3) is 4.75. The number of nitrogens with zero attached hydrogens (tertiary/aromatic N) is 2. The summed E-state index contributed by atoms with van der Waals surface area (Å²) >= 11 is 0. The number of amides is 2. The van der Waals surface area contributed by atoms with E-state index in [4.69, 9.17) is 10.5 Å². The molecule has 1 aromatic carbocycles. The number of nitrogens with two attached hydrogens (primary N) is 1. The van der Waals surface area contributed by atoms with Crippen LogP contribution in [-0.4, -0.2) is 95.3 Å². The Hall–Kier alpha value is -4.10. The minimum absolute atomic E-state index is 0.0292. The topological polar surface area (TPSA) is 203 Å². The molecule has 0 bridgehead atoms. The van der Waals surface area contributed by atoms with E-state index in [0.717, 1.165) is 0 Å². The Morgan fingerprint density at radius 2 is 1.76 bits per heavy atom. The van der Waals surface area contributed by atoms with Crippen LogP contribution >= 0.6 is 0 Å². The first kappa shape index (κ1) is 30.8. The number of primary amides is 1. The van der Waals surface area contributed by atoms with Crippen molar-refractivity contribution in [3.63, 3.8) is 0 Å². The van der Waals surface area contributed by atoms with E-state index in [9.17, 15) is 39.6 Å². The second-order valence-electron chi connectivity index (χ2n) is 12.8. The summed E-state index contributed by atoms with van der Waals surface area (Å²) in [5.41, 5.74) is 1.76. The van der Waals surface area contributed by atoms with Gasteiger partial charge in [-0.3, -0.25) is 24.6 Å². The van der Waals surface area contributed by atoms with Gasteiger partial charge in [0.05, 0.1) is 23.9 Å². The van der Waals surface area contributed by atoms with Gasteiger partial charge in [-0.05, 0) is 49.9 Å². The number of Topliss-reactive ketones (excluding diaryl/α,β-unsaturated/α-hetero) is 2. The lowest BCUT2D eigenvalue weighted by Crippen LogP contribution is -2.63. The van der Waals surface area contributed by atoms with Gasteiger partial charge in [-0.25, -0.2) is 4.79 Å². The molecule has 7 N–H and O–H groups in total. The summed E-state index contributed by atoms with van der Waals surface area (Å²) in [5.74, 6) is -7.47. The van der Waals surface area contributed by atoms with Gasteiger partial charge in [-0.1, -0.05) is 20.8 Å². The Balaban J connectivity index is 1.87. The summed E-state index contributed by atoms with van der Waals surface area (Å²) in [4.78, 5) is 55.4. The lowest BCUT2D eigenvalue weighted by Gasteiger charge is -2.50. The van der Waals surface area contributed by atoms with Gasteiger partial charge in [-0.15, -0.1) is 0 Å². The fourth-order valence-corrected chi connectivity index (χ4v) is 6.22. The van der Waals surface area contributed by atoms with Crippen LogP contribution in [0.15, 0.2) is 28.7 Å². The Morgan fingerprint density at radius 3 is 2.29 bits per heavy atom. The van der Waals surface area contributed by atoms with Crippen LogP contribution in [0, 0.1) is 17.3 Å². The molecule has 0 saturated carbocycles. The molecule has 13 heteroatoms. The fourth-order valence-electron chi connectivity index (χ4n) is 6.22. The Labute approximate surface area is 243 Å². The zero-order valence-electron chi connectivity index (χ0n) is 24.7. The van der Waals surface area contributed by atoms with Crippen molar-refractivity contribution in [2.45, 2.75) is 45.3 Å². The van der Waals surface area contributed by atoms with Crippen LogP contribution in [0.5, 0.6) is 5.75 Å². The number of benzene rings is 1. The van der Waals surface area contributed by atoms with Gasteiger partial charge in [0.1, 0.15) is 17.1 Å². The molecule has 3 aliphatic carbocycles. The molecule has 0 saturated heterocycles. The highest BCUT2D eigenvalue weighted by atomic mass is 16.5. The Morgan fingerprint density at radius 1 is 1.14 bits per heavy atom. The number of aromatic hydroxyl groups is 1. The summed E-state index contributed by atoms with van der Waals surface area (Å²) < 4.78 is 5.25. The summed E-state index contributed by atoms with van der Waals surface area (Å²) in [6.45, 7) is 5.71. The second kappa shape index (κ2) is 10.3. The molecule has 4 rings (SSSR count). The zero-order chi connectivity index (χ0) is 31.6. The zero-order valence-corrected chi connectivity index (χ0v) is 24.7. The molecule has 1 aromatic rings. The first-order chi connectivity index (χ1) is 19.3. The normalized spacial score (nSPS) is 25.6. The molecule has 4 atom stereocenters. The highest BCUT2D eigenvalue weighted by Crippen LogP contribution is 2.53. The summed E-state index contributed by atoms with van der Waals surface area (Å²) in [5, 5.41) is 47.8. The van der Waals surface area contributed by atoms with Crippen molar-refractivity contribution in [2.75, 3.05) is 45.0 Å². The van der Waals surface area contributed by atoms with E-state index in [0.29, 0.717) is 11.3 Å². The smallest absolute Gasteiger partial charge is 0.411 e. The highest BCUT2D eigenvalue weighted by Gasteiger charge is 2.63. The van der Waals surface area contributed by atoms with Crippen molar-refractivity contribution in [3.8, 4) is 5.75 Å². The number of hydrogen-bond donors (Lipinski definition) is 6. The number of anilines is 2. The second-order valence-corrected chi connectivity index (χ2v) is 12.8. The minimum atomic E-state index is -2.74. The molecule has 3 aliphatic rings. The van der Waals surface area contributed by atoms with Crippen molar-refractivity contribution in [1.29, 1.82) is 0 Å². The van der Waals surface area contributed by atoms with Gasteiger partial charge < -0.3 is 35.8 Å². The number of allylic oxidation sites excluding steroid dienone is 1. The number of carbonyl (C=O) groups excluding carboxylic acids is 4. The molecule has 4 unspecified atom stereocenters. The predicted octanol–water partition coefficient (Wildman–Crippen LogP) is 1.78. The van der Waals surface area contributed by atoms with Crippen LogP contribution < -0.4 is 16.0 Å². The molecule has 0 aliphatic heterocycles. The molecule has 42 heavy (non-hydrogen) atoms. The first-order valence-corrected chi connectivity index (χ1v) is 13.5. The van der Waals surface area contributed by atoms with Crippen molar-refractivity contribution in [2.24, 2.45) is 23.0 Å². The maximum atomic E-state index is 14.0. The SMILES string of the molecule is CN(C)c1cc(NC(=O)OCC(C)(C)C)c(O)c2c1CC1CC3C(N(C)C)C(O)=C(C(N)=O)C(=O)C3(O)C(O)=C1C2=O. The molecule has 0 fully saturated rings. The van der Waals surface area contributed by atoms with Gasteiger partial charge in [0, 0.05) is 31.3 Å². The minimum Gasteiger partial charge on any atom is -0.510 e. The Bertz CT molecular complexity index is 1450. The molecule has 13 nitrogen and oxygen atoms in total. The number of aliphatic hydroxyl groups excluding tert-OH is 2. The lowest BCUT2D eigenvalue weighted by molar-refractivity contribution is -0.148. The van der Waals surface area contributed by atoms with Crippen LogP contribution in [-0.2, 0) is 20.7 Å². The molecular formula is C29H38N4O9. The van der Waals surface area contributed by atoms with Gasteiger partial charge in [0.15, 0.2) is 17.1 Å². The number of phenols is 1. The average Bonchev–Trinajstić information content (AvgIpc) is 2.85. The number of hydrogen-bond acceptors (Lipinski definition) is 11. The number of rotatable bonds is 5. The van der Waals surface area contributed by atoms with Crippen LogP contribution in [0.2, 0.25) is 0 Å². The number of carbonyl (C=O) groups is 4. The Kier molecular flexibility index (Phi) is 7.58. The quantitative estimate of drug-likeness (QED) is 0.217. The number of ketones is 2. The molecule has 0 radical (unpaired) electrons. The molecule has 2 amide bonds. The van der Waals surface area contributed by atoms with E-state index < -0.39 is 69.9 Å². The maximum Gasteiger partial charge on any atom is 0.411 e. The number of aliphatic hydroxyl groups is 3. The van der Waals surface area contributed by atoms with Crippen LogP contribution in [0.25, 0.3) is 0 Å². The van der Waals surface area contributed by atoms with Crippen molar-refractivity contribution < 1.29 is 44.3 Å². The third-order valence-corrected chi connectivity index (χ3v) is 8.05. The lowest BCUT2D eigenvalue weighted by atomic mass is 9.58. The third-order valence-electron chi connectivity index (χ3n) is 8.05. The average molecular weight is 587 g/mol. The van der Waals surface area contributed by atoms with E-state index in [1.165, 1.54) is 11.0 Å². The van der Waals surface area contributed by atoms with Crippen molar-refractivity contribution >= 4 is 34.9 Å². The molecule has 228 valence electrons. The van der Waals surface area contributed by atoms with Gasteiger partial charge in [-0.2, -0.15) is 0 Å². The number of ether oxygens (including phenoxy) is 1. The molecule has 0 heterocycles. The number of phenolic OH excluding ortho intramolecular Hbond substituents is 1.